The van der Waals surface area contributed by atoms with Gasteiger partial charge in [0.15, 0.2) is 0 Å². The second kappa shape index (κ2) is 6.65. The fourth-order valence-corrected chi connectivity index (χ4v) is 1.48. The molecule has 1 aromatic heterocycles. The molecule has 1 aromatic rings. The number of carbonyl (C=O) groups is 1. The number of anilines is 2. The third-order valence-electron chi connectivity index (χ3n) is 2.66. The fraction of sp³-hybridized carbons (Fsp3) is 0.538. The maximum absolute atomic E-state index is 11.8. The summed E-state index contributed by atoms with van der Waals surface area (Å²) in [6.07, 6.45) is 2.03. The zero-order valence-electron chi connectivity index (χ0n) is 12.2. The highest BCUT2D eigenvalue weighted by Gasteiger charge is 2.17. The van der Waals surface area contributed by atoms with Gasteiger partial charge >= 0.3 is 6.03 Å². The van der Waals surface area contributed by atoms with E-state index in [1.54, 1.807) is 17.8 Å². The molecule has 1 heterocycles. The number of hydrogen-bond acceptors (Lipinski definition) is 4. The lowest BCUT2D eigenvalue weighted by atomic mass is 10.2. The minimum absolute atomic E-state index is 0.0241. The van der Waals surface area contributed by atoms with Crippen LogP contribution in [0.2, 0.25) is 0 Å². The van der Waals surface area contributed by atoms with Crippen molar-refractivity contribution in [2.24, 2.45) is 0 Å². The first kappa shape index (κ1) is 15.6. The average molecular weight is 282 g/mol. The van der Waals surface area contributed by atoms with Gasteiger partial charge in [0.2, 0.25) is 0 Å². The van der Waals surface area contributed by atoms with Crippen molar-refractivity contribution in [1.82, 2.24) is 10.3 Å². The van der Waals surface area contributed by atoms with Crippen LogP contribution in [0.25, 0.3) is 0 Å². The van der Waals surface area contributed by atoms with Crippen LogP contribution in [0.3, 0.4) is 0 Å². The number of nitrogens with zero attached hydrogens (tertiary/aromatic N) is 2. The van der Waals surface area contributed by atoms with E-state index in [1.165, 1.54) is 0 Å². The third kappa shape index (κ3) is 5.38. The van der Waals surface area contributed by atoms with Gasteiger partial charge < -0.3 is 10.2 Å². The summed E-state index contributed by atoms with van der Waals surface area (Å²) in [6.45, 7) is 4.78. The van der Waals surface area contributed by atoms with E-state index >= 15 is 0 Å². The first-order valence-corrected chi connectivity index (χ1v) is 7.31. The van der Waals surface area contributed by atoms with E-state index in [1.807, 2.05) is 37.4 Å². The highest BCUT2D eigenvalue weighted by molar-refractivity contribution is 7.99. The molecular weight excluding hydrogens is 260 g/mol. The largest absolute Gasteiger partial charge is 0.363 e. The lowest BCUT2D eigenvalue weighted by Gasteiger charge is -2.22. The molecule has 0 aliphatic carbocycles. The zero-order valence-corrected chi connectivity index (χ0v) is 13.0. The summed E-state index contributed by atoms with van der Waals surface area (Å²) in [5, 5.41) is 5.58. The molecule has 0 bridgehead atoms. The van der Waals surface area contributed by atoms with Crippen molar-refractivity contribution in [3.8, 4) is 0 Å². The molecule has 0 saturated carbocycles. The maximum Gasteiger partial charge on any atom is 0.320 e. The summed E-state index contributed by atoms with van der Waals surface area (Å²) in [7, 11) is 3.82. The van der Waals surface area contributed by atoms with Crippen LogP contribution in [0.1, 0.15) is 13.8 Å². The molecule has 0 saturated heterocycles. The van der Waals surface area contributed by atoms with E-state index < -0.39 is 0 Å². The Morgan fingerprint density at radius 1 is 1.42 bits per heavy atom. The van der Waals surface area contributed by atoms with E-state index in [9.17, 15) is 4.79 Å². The number of hydrogen-bond donors (Lipinski definition) is 2. The molecule has 106 valence electrons. The van der Waals surface area contributed by atoms with Gasteiger partial charge in [-0.3, -0.25) is 5.32 Å². The zero-order chi connectivity index (χ0) is 14.5. The molecule has 0 atom stereocenters. The Morgan fingerprint density at radius 2 is 2.11 bits per heavy atom. The van der Waals surface area contributed by atoms with Crippen molar-refractivity contribution in [1.29, 1.82) is 0 Å². The van der Waals surface area contributed by atoms with E-state index in [0.717, 1.165) is 5.82 Å². The first-order chi connectivity index (χ1) is 8.84. The predicted molar refractivity (Wildman–Crippen MR) is 83.2 cm³/mol. The van der Waals surface area contributed by atoms with Gasteiger partial charge in [-0.25, -0.2) is 9.78 Å². The van der Waals surface area contributed by atoms with Gasteiger partial charge in [-0.15, -0.1) is 0 Å². The van der Waals surface area contributed by atoms with Crippen molar-refractivity contribution in [3.05, 3.63) is 18.2 Å². The second-order valence-electron chi connectivity index (χ2n) is 5.05. The molecule has 2 amide bonds. The quantitative estimate of drug-likeness (QED) is 0.871. The van der Waals surface area contributed by atoms with Gasteiger partial charge in [0, 0.05) is 25.4 Å². The molecule has 0 aromatic carbocycles. The molecule has 19 heavy (non-hydrogen) atoms. The van der Waals surface area contributed by atoms with Crippen LogP contribution in [-0.4, -0.2) is 42.7 Å². The molecule has 0 aliphatic rings. The maximum atomic E-state index is 11.8. The predicted octanol–water partition coefficient (Wildman–Crippen LogP) is 2.41. The summed E-state index contributed by atoms with van der Waals surface area (Å²) in [5.41, 5.74) is 0. The Balaban J connectivity index is 2.55. The van der Waals surface area contributed by atoms with E-state index in [0.29, 0.717) is 12.4 Å². The van der Waals surface area contributed by atoms with Gasteiger partial charge in [-0.1, -0.05) is 6.07 Å². The Labute approximate surface area is 119 Å². The summed E-state index contributed by atoms with van der Waals surface area (Å²) in [5.74, 6) is 1.35. The highest BCUT2D eigenvalue weighted by atomic mass is 32.2. The number of rotatable bonds is 5. The average Bonchev–Trinajstić information content (AvgIpc) is 2.37. The minimum atomic E-state index is -0.231. The third-order valence-corrected chi connectivity index (χ3v) is 3.91. The second-order valence-corrected chi connectivity index (χ2v) is 6.56. The molecule has 5 nitrogen and oxygen atoms in total. The van der Waals surface area contributed by atoms with Crippen LogP contribution in [0.5, 0.6) is 0 Å². The van der Waals surface area contributed by atoms with Gasteiger partial charge in [-0.05, 0) is 32.2 Å². The standard InChI is InChI=1S/C13H22N4OS/c1-13(2,19-5)9-14-12(18)16-10-7-6-8-11(15-10)17(3)4/h6-8H,9H2,1-5H3,(H2,14,15,16,18). The van der Waals surface area contributed by atoms with Gasteiger partial charge in [-0.2, -0.15) is 11.8 Å². The van der Waals surface area contributed by atoms with Crippen LogP contribution >= 0.6 is 11.8 Å². The Hall–Kier alpha value is -1.43. The van der Waals surface area contributed by atoms with E-state index in [-0.39, 0.29) is 10.8 Å². The number of aromatic nitrogens is 1. The molecule has 0 spiro atoms. The molecule has 0 aliphatic heterocycles. The molecule has 1 rings (SSSR count). The van der Waals surface area contributed by atoms with Crippen LogP contribution in [0.15, 0.2) is 18.2 Å². The topological polar surface area (TPSA) is 57.3 Å². The fourth-order valence-electron chi connectivity index (χ4n) is 1.27. The number of urea groups is 1. The Bertz CT molecular complexity index is 434. The summed E-state index contributed by atoms with van der Waals surface area (Å²) in [4.78, 5) is 18.0. The van der Waals surface area contributed by atoms with Gasteiger partial charge in [0.25, 0.3) is 0 Å². The van der Waals surface area contributed by atoms with Crippen molar-refractivity contribution in [3.63, 3.8) is 0 Å². The van der Waals surface area contributed by atoms with Crippen molar-refractivity contribution in [2.75, 3.05) is 37.1 Å². The van der Waals surface area contributed by atoms with Crippen LogP contribution in [-0.2, 0) is 0 Å². The normalized spacial score (nSPS) is 11.0. The smallest absolute Gasteiger partial charge is 0.320 e. The van der Waals surface area contributed by atoms with Crippen LogP contribution in [0.4, 0.5) is 16.4 Å². The Morgan fingerprint density at radius 3 is 2.68 bits per heavy atom. The summed E-state index contributed by atoms with van der Waals surface area (Å²) >= 11 is 1.72. The molecule has 0 unspecified atom stereocenters. The number of pyridine rings is 1. The SMILES string of the molecule is CSC(C)(C)CNC(=O)Nc1cccc(N(C)C)n1. The summed E-state index contributed by atoms with van der Waals surface area (Å²) in [6, 6.07) is 5.29. The summed E-state index contributed by atoms with van der Waals surface area (Å²) < 4.78 is 0.0241. The molecular formula is C13H22N4OS. The molecule has 6 heteroatoms. The van der Waals surface area contributed by atoms with Crippen LogP contribution in [0, 0.1) is 0 Å². The monoisotopic (exact) mass is 282 g/mol. The van der Waals surface area contributed by atoms with Gasteiger partial charge in [0.1, 0.15) is 11.6 Å². The van der Waals surface area contributed by atoms with Gasteiger partial charge in [0.05, 0.1) is 0 Å². The number of thioether (sulfide) groups is 1. The van der Waals surface area contributed by atoms with Crippen molar-refractivity contribution < 1.29 is 4.79 Å². The van der Waals surface area contributed by atoms with Crippen LogP contribution < -0.4 is 15.5 Å². The molecule has 0 fully saturated rings. The molecule has 2 N–H and O–H groups in total. The lowest BCUT2D eigenvalue weighted by molar-refractivity contribution is 0.251. The highest BCUT2D eigenvalue weighted by Crippen LogP contribution is 2.19. The number of amides is 2. The van der Waals surface area contributed by atoms with E-state index in [4.69, 9.17) is 0 Å². The Kier molecular flexibility index (Phi) is 5.47. The number of carbonyl (C=O) groups excluding carboxylic acids is 1. The van der Waals surface area contributed by atoms with Crippen molar-refractivity contribution >= 4 is 29.4 Å². The first-order valence-electron chi connectivity index (χ1n) is 6.08. The van der Waals surface area contributed by atoms with E-state index in [2.05, 4.69) is 29.5 Å². The lowest BCUT2D eigenvalue weighted by Crippen LogP contribution is -2.38. The number of nitrogens with one attached hydrogen (secondary N) is 2. The molecule has 0 radical (unpaired) electrons. The van der Waals surface area contributed by atoms with Crippen molar-refractivity contribution in [2.45, 2.75) is 18.6 Å². The minimum Gasteiger partial charge on any atom is -0.363 e.